The van der Waals surface area contributed by atoms with Gasteiger partial charge in [-0.3, -0.25) is 4.99 Å². The van der Waals surface area contributed by atoms with Crippen LogP contribution in [0.25, 0.3) is 16.9 Å². The maximum atomic E-state index is 12.7. The van der Waals surface area contributed by atoms with E-state index in [4.69, 9.17) is 5.73 Å². The second kappa shape index (κ2) is 7.32. The number of hydrogen-bond donors (Lipinski definition) is 1. The van der Waals surface area contributed by atoms with Crippen LogP contribution in [-0.2, 0) is 13.1 Å². The molecule has 0 saturated heterocycles. The fourth-order valence-corrected chi connectivity index (χ4v) is 3.19. The molecule has 0 radical (unpaired) electrons. The molecule has 7 nitrogen and oxygen atoms in total. The number of hydrogen-bond acceptors (Lipinski definition) is 5. The predicted octanol–water partition coefficient (Wildman–Crippen LogP) is 2.15. The van der Waals surface area contributed by atoms with Crippen LogP contribution in [0.3, 0.4) is 0 Å². The van der Waals surface area contributed by atoms with Crippen molar-refractivity contribution < 1.29 is 4.39 Å². The molecule has 3 aromatic rings. The van der Waals surface area contributed by atoms with Crippen LogP contribution in [0.15, 0.2) is 58.5 Å². The average Bonchev–Trinajstić information content (AvgIpc) is 3.32. The average molecular weight is 378 g/mol. The zero-order valence-corrected chi connectivity index (χ0v) is 15.3. The van der Waals surface area contributed by atoms with Gasteiger partial charge in [0.05, 0.1) is 19.4 Å². The van der Waals surface area contributed by atoms with Gasteiger partial charge >= 0.3 is 5.69 Å². The molecule has 28 heavy (non-hydrogen) atoms. The van der Waals surface area contributed by atoms with Gasteiger partial charge in [0.2, 0.25) is 0 Å². The Morgan fingerprint density at radius 2 is 2.21 bits per heavy atom. The molecular weight excluding hydrogens is 359 g/mol. The topological polar surface area (TPSA) is 91.1 Å². The first-order chi connectivity index (χ1) is 13.6. The Bertz CT molecular complexity index is 1160. The molecule has 0 unspecified atom stereocenters. The lowest BCUT2D eigenvalue weighted by Gasteiger charge is -2.09. The van der Waals surface area contributed by atoms with Crippen molar-refractivity contribution in [2.24, 2.45) is 10.7 Å². The van der Waals surface area contributed by atoms with E-state index in [0.29, 0.717) is 18.7 Å². The molecule has 142 valence electrons. The molecule has 1 aromatic carbocycles. The third kappa shape index (κ3) is 3.18. The quantitative estimate of drug-likeness (QED) is 0.736. The smallest absolute Gasteiger partial charge is 0.327 e. The van der Waals surface area contributed by atoms with Crippen molar-refractivity contribution in [3.05, 3.63) is 75.9 Å². The normalized spacial score (nSPS) is 13.2. The van der Waals surface area contributed by atoms with Crippen LogP contribution < -0.4 is 11.4 Å². The number of rotatable bonds is 5. The van der Waals surface area contributed by atoms with Crippen LogP contribution >= 0.6 is 0 Å². The number of halogens is 1. The van der Waals surface area contributed by atoms with Gasteiger partial charge in [0.15, 0.2) is 0 Å². The summed E-state index contributed by atoms with van der Waals surface area (Å²) in [5.74, 6) is 0.459. The third-order valence-electron chi connectivity index (χ3n) is 4.79. The summed E-state index contributed by atoms with van der Waals surface area (Å²) >= 11 is 0. The van der Waals surface area contributed by atoms with Crippen molar-refractivity contribution in [2.45, 2.75) is 20.0 Å². The molecule has 0 fully saturated rings. The van der Waals surface area contributed by atoms with E-state index in [2.05, 4.69) is 27.2 Å². The molecule has 2 aromatic heterocycles. The Hall–Kier alpha value is -3.39. The van der Waals surface area contributed by atoms with Crippen molar-refractivity contribution in [1.82, 2.24) is 19.3 Å². The number of nitrogens with two attached hydrogens (primary N) is 1. The van der Waals surface area contributed by atoms with Crippen LogP contribution in [0.4, 0.5) is 4.39 Å². The van der Waals surface area contributed by atoms with Gasteiger partial charge in [-0.2, -0.15) is 5.10 Å². The molecule has 1 aliphatic heterocycles. The lowest BCUT2D eigenvalue weighted by Crippen LogP contribution is -2.26. The van der Waals surface area contributed by atoms with Crippen molar-refractivity contribution in [2.75, 3.05) is 6.54 Å². The fourth-order valence-electron chi connectivity index (χ4n) is 3.19. The van der Waals surface area contributed by atoms with E-state index in [1.807, 2.05) is 25.3 Å². The summed E-state index contributed by atoms with van der Waals surface area (Å²) in [6.45, 7) is 2.69. The van der Waals surface area contributed by atoms with Crippen LogP contribution in [-0.4, -0.2) is 32.1 Å². The number of aliphatic imine (C=N–C) groups is 1. The Labute approximate surface area is 160 Å². The van der Waals surface area contributed by atoms with Gasteiger partial charge in [0.25, 0.3) is 0 Å². The summed E-state index contributed by atoms with van der Waals surface area (Å²) in [6.07, 6.45) is 5.41. The maximum absolute atomic E-state index is 12.7. The fraction of sp³-hybridized carbons (Fsp3) is 0.200. The van der Waals surface area contributed by atoms with Crippen LogP contribution in [0.2, 0.25) is 0 Å². The SMILES string of the molecule is Cc1cc(-n2cnn(C/C(=C/F)CN)c2=O)ncc1-c1ccc2c(c1)CN=C2. The summed E-state index contributed by atoms with van der Waals surface area (Å²) in [5, 5.41) is 4.03. The summed E-state index contributed by atoms with van der Waals surface area (Å²) in [4.78, 5) is 21.3. The van der Waals surface area contributed by atoms with E-state index in [-0.39, 0.29) is 18.7 Å². The standard InChI is InChI=1S/C20H19FN6O/c1-13-4-19(26-12-25-27(20(26)28)11-14(6-21)7-22)24-10-18(13)15-2-3-16-8-23-9-17(16)5-15/h2-6,8,10,12H,7,9,11,22H2,1H3/b14-6+. The number of nitrogens with zero attached hydrogens (tertiary/aromatic N) is 5. The van der Waals surface area contributed by atoms with Crippen molar-refractivity contribution in [3.8, 4) is 16.9 Å². The van der Waals surface area contributed by atoms with E-state index in [0.717, 1.165) is 26.9 Å². The monoisotopic (exact) mass is 378 g/mol. The molecule has 4 rings (SSSR count). The van der Waals surface area contributed by atoms with Crippen LogP contribution in [0.1, 0.15) is 16.7 Å². The molecule has 0 amide bonds. The van der Waals surface area contributed by atoms with E-state index < -0.39 is 5.69 Å². The number of benzene rings is 1. The third-order valence-corrected chi connectivity index (χ3v) is 4.79. The largest absolute Gasteiger partial charge is 0.351 e. The van der Waals surface area contributed by atoms with E-state index in [1.54, 1.807) is 6.20 Å². The van der Waals surface area contributed by atoms with Crippen molar-refractivity contribution in [3.63, 3.8) is 0 Å². The minimum atomic E-state index is -0.401. The molecule has 0 atom stereocenters. The number of fused-ring (bicyclic) bond motifs is 1. The number of aryl methyl sites for hydroxylation is 1. The van der Waals surface area contributed by atoms with Gasteiger partial charge in [0, 0.05) is 24.5 Å². The van der Waals surface area contributed by atoms with Crippen molar-refractivity contribution >= 4 is 6.21 Å². The molecule has 1 aliphatic rings. The predicted molar refractivity (Wildman–Crippen MR) is 105 cm³/mol. The lowest BCUT2D eigenvalue weighted by molar-refractivity contribution is 0.612. The van der Waals surface area contributed by atoms with Gasteiger partial charge in [-0.15, -0.1) is 0 Å². The Balaban J connectivity index is 1.66. The molecule has 0 spiro atoms. The number of pyridine rings is 1. The molecule has 0 bridgehead atoms. The maximum Gasteiger partial charge on any atom is 0.351 e. The van der Waals surface area contributed by atoms with Gasteiger partial charge in [0.1, 0.15) is 12.1 Å². The zero-order valence-electron chi connectivity index (χ0n) is 15.3. The van der Waals surface area contributed by atoms with Gasteiger partial charge < -0.3 is 5.73 Å². The van der Waals surface area contributed by atoms with E-state index >= 15 is 0 Å². The highest BCUT2D eigenvalue weighted by Crippen LogP contribution is 2.27. The minimum absolute atomic E-state index is 0.00704. The minimum Gasteiger partial charge on any atom is -0.327 e. The molecule has 0 aliphatic carbocycles. The molecule has 0 saturated carbocycles. The first kappa shape index (κ1) is 18.0. The molecule has 3 heterocycles. The highest BCUT2D eigenvalue weighted by Gasteiger charge is 2.13. The van der Waals surface area contributed by atoms with Gasteiger partial charge in [-0.1, -0.05) is 12.1 Å². The first-order valence-corrected chi connectivity index (χ1v) is 8.83. The Kier molecular flexibility index (Phi) is 4.70. The lowest BCUT2D eigenvalue weighted by atomic mass is 9.99. The molecule has 2 N–H and O–H groups in total. The summed E-state index contributed by atoms with van der Waals surface area (Å²) in [5.41, 5.74) is 10.7. The summed E-state index contributed by atoms with van der Waals surface area (Å²) < 4.78 is 15.2. The number of aromatic nitrogens is 4. The van der Waals surface area contributed by atoms with E-state index in [9.17, 15) is 9.18 Å². The van der Waals surface area contributed by atoms with Gasteiger partial charge in [-0.05, 0) is 46.9 Å². The highest BCUT2D eigenvalue weighted by molar-refractivity contribution is 5.86. The summed E-state index contributed by atoms with van der Waals surface area (Å²) in [7, 11) is 0. The van der Waals surface area contributed by atoms with Crippen LogP contribution in [0.5, 0.6) is 0 Å². The van der Waals surface area contributed by atoms with E-state index in [1.165, 1.54) is 16.5 Å². The molecule has 8 heteroatoms. The van der Waals surface area contributed by atoms with Crippen LogP contribution in [0, 0.1) is 6.92 Å². The zero-order chi connectivity index (χ0) is 19.7. The molecular formula is C20H19FN6O. The second-order valence-corrected chi connectivity index (χ2v) is 6.65. The van der Waals surface area contributed by atoms with Gasteiger partial charge in [-0.25, -0.2) is 23.4 Å². The Morgan fingerprint density at radius 1 is 1.36 bits per heavy atom. The second-order valence-electron chi connectivity index (χ2n) is 6.65. The first-order valence-electron chi connectivity index (χ1n) is 8.83. The summed E-state index contributed by atoms with van der Waals surface area (Å²) in [6, 6.07) is 8.05. The van der Waals surface area contributed by atoms with Crippen molar-refractivity contribution in [1.29, 1.82) is 0 Å². The highest BCUT2D eigenvalue weighted by atomic mass is 19.1. The Morgan fingerprint density at radius 3 is 2.96 bits per heavy atom.